The molecule has 1 fully saturated rings. The summed E-state index contributed by atoms with van der Waals surface area (Å²) in [5.41, 5.74) is 0. The lowest BCUT2D eigenvalue weighted by molar-refractivity contribution is 0.210. The van der Waals surface area contributed by atoms with Gasteiger partial charge in [-0.15, -0.1) is 0 Å². The second kappa shape index (κ2) is 4.77. The highest BCUT2D eigenvalue weighted by Gasteiger charge is 2.16. The van der Waals surface area contributed by atoms with E-state index >= 15 is 0 Å². The van der Waals surface area contributed by atoms with E-state index in [1.807, 2.05) is 0 Å². The number of rotatable bonds is 3. The standard InChI is InChI=1S/C11H14O3S/c12-15(13)11-7-5-10(6-8-11)14-9-3-1-2-4-9/h5-9H,1-4H2,(H,12,13). The van der Waals surface area contributed by atoms with Crippen LogP contribution in [-0.2, 0) is 11.1 Å². The molecule has 0 bridgehead atoms. The molecular formula is C11H14O3S. The van der Waals surface area contributed by atoms with Crippen LogP contribution < -0.4 is 4.74 Å². The minimum atomic E-state index is -1.90. The zero-order valence-corrected chi connectivity index (χ0v) is 9.20. The van der Waals surface area contributed by atoms with Crippen LogP contribution in [0.1, 0.15) is 25.7 Å². The topological polar surface area (TPSA) is 46.5 Å². The molecule has 15 heavy (non-hydrogen) atoms. The molecule has 1 aliphatic rings. The van der Waals surface area contributed by atoms with E-state index in [0.29, 0.717) is 11.0 Å². The first-order valence-electron chi connectivity index (χ1n) is 5.13. The summed E-state index contributed by atoms with van der Waals surface area (Å²) in [7, 11) is 0. The van der Waals surface area contributed by atoms with Gasteiger partial charge in [0, 0.05) is 0 Å². The highest BCUT2D eigenvalue weighted by molar-refractivity contribution is 7.79. The van der Waals surface area contributed by atoms with Gasteiger partial charge in [-0.1, -0.05) is 0 Å². The van der Waals surface area contributed by atoms with Gasteiger partial charge >= 0.3 is 0 Å². The Morgan fingerprint density at radius 1 is 1.20 bits per heavy atom. The molecular weight excluding hydrogens is 212 g/mol. The molecule has 82 valence electrons. The molecule has 1 aromatic carbocycles. The van der Waals surface area contributed by atoms with Gasteiger partial charge in [0.25, 0.3) is 0 Å². The van der Waals surface area contributed by atoms with Gasteiger partial charge in [-0.05, 0) is 49.9 Å². The van der Waals surface area contributed by atoms with Crippen LogP contribution in [0.2, 0.25) is 0 Å². The summed E-state index contributed by atoms with van der Waals surface area (Å²) in [6.07, 6.45) is 5.05. The molecule has 1 aromatic rings. The molecule has 2 rings (SSSR count). The molecule has 4 heteroatoms. The Bertz CT molecular complexity index is 341. The minimum absolute atomic E-state index is 0.329. The molecule has 0 amide bonds. The lowest BCUT2D eigenvalue weighted by atomic mass is 10.3. The monoisotopic (exact) mass is 226 g/mol. The first kappa shape index (κ1) is 10.6. The second-order valence-electron chi connectivity index (χ2n) is 3.74. The van der Waals surface area contributed by atoms with Crippen molar-refractivity contribution >= 4 is 11.1 Å². The third-order valence-corrected chi connectivity index (χ3v) is 3.31. The number of hydrogen-bond acceptors (Lipinski definition) is 2. The first-order valence-corrected chi connectivity index (χ1v) is 6.24. The Morgan fingerprint density at radius 3 is 2.33 bits per heavy atom. The molecule has 1 unspecified atom stereocenters. The fraction of sp³-hybridized carbons (Fsp3) is 0.455. The molecule has 3 nitrogen and oxygen atoms in total. The molecule has 1 atom stereocenters. The third kappa shape index (κ3) is 2.79. The number of ether oxygens (including phenoxy) is 1. The molecule has 0 radical (unpaired) electrons. The van der Waals surface area contributed by atoms with E-state index in [4.69, 9.17) is 9.29 Å². The van der Waals surface area contributed by atoms with Crippen LogP contribution in [0.4, 0.5) is 0 Å². The normalized spacial score (nSPS) is 19.0. The molecule has 0 heterocycles. The van der Waals surface area contributed by atoms with E-state index in [2.05, 4.69) is 0 Å². The molecule has 0 spiro atoms. The first-order chi connectivity index (χ1) is 7.25. The fourth-order valence-electron chi connectivity index (χ4n) is 1.83. The van der Waals surface area contributed by atoms with Gasteiger partial charge in [0.15, 0.2) is 11.1 Å². The molecule has 1 saturated carbocycles. The van der Waals surface area contributed by atoms with Gasteiger partial charge in [0.2, 0.25) is 0 Å². The van der Waals surface area contributed by atoms with E-state index in [1.54, 1.807) is 24.3 Å². The number of hydrogen-bond donors (Lipinski definition) is 1. The SMILES string of the molecule is O=S(O)c1ccc(OC2CCCC2)cc1. The summed E-state index contributed by atoms with van der Waals surface area (Å²) in [4.78, 5) is 0.411. The minimum Gasteiger partial charge on any atom is -0.490 e. The summed E-state index contributed by atoms with van der Waals surface area (Å²) < 4.78 is 25.3. The highest BCUT2D eigenvalue weighted by atomic mass is 32.2. The van der Waals surface area contributed by atoms with E-state index in [1.165, 1.54) is 12.8 Å². The van der Waals surface area contributed by atoms with Gasteiger partial charge in [0.05, 0.1) is 11.0 Å². The summed E-state index contributed by atoms with van der Waals surface area (Å²) in [6.45, 7) is 0. The number of benzene rings is 1. The Kier molecular flexibility index (Phi) is 3.38. The van der Waals surface area contributed by atoms with Crippen LogP contribution in [0, 0.1) is 0 Å². The van der Waals surface area contributed by atoms with Crippen LogP contribution in [0.15, 0.2) is 29.2 Å². The summed E-state index contributed by atoms with van der Waals surface area (Å²) >= 11 is -1.90. The van der Waals surface area contributed by atoms with Gasteiger partial charge < -0.3 is 9.29 Å². The van der Waals surface area contributed by atoms with Crippen LogP contribution in [-0.4, -0.2) is 14.9 Å². The van der Waals surface area contributed by atoms with Crippen LogP contribution >= 0.6 is 0 Å². The molecule has 0 aromatic heterocycles. The van der Waals surface area contributed by atoms with Gasteiger partial charge in [-0.3, -0.25) is 0 Å². The molecule has 0 aliphatic heterocycles. The Hall–Kier alpha value is -0.870. The van der Waals surface area contributed by atoms with E-state index < -0.39 is 11.1 Å². The average molecular weight is 226 g/mol. The van der Waals surface area contributed by atoms with Crippen molar-refractivity contribution in [1.82, 2.24) is 0 Å². The Balaban J connectivity index is 2.00. The smallest absolute Gasteiger partial charge is 0.186 e. The maximum Gasteiger partial charge on any atom is 0.186 e. The molecule has 0 saturated heterocycles. The van der Waals surface area contributed by atoms with Gasteiger partial charge in [0.1, 0.15) is 5.75 Å². The third-order valence-electron chi connectivity index (χ3n) is 2.63. The molecule has 1 aliphatic carbocycles. The van der Waals surface area contributed by atoms with E-state index in [9.17, 15) is 4.21 Å². The lowest BCUT2D eigenvalue weighted by Crippen LogP contribution is -2.10. The van der Waals surface area contributed by atoms with Crippen molar-refractivity contribution in [3.05, 3.63) is 24.3 Å². The van der Waals surface area contributed by atoms with Crippen molar-refractivity contribution in [2.75, 3.05) is 0 Å². The predicted molar refractivity (Wildman–Crippen MR) is 58.4 cm³/mol. The fourth-order valence-corrected chi connectivity index (χ4v) is 2.20. The van der Waals surface area contributed by atoms with Crippen LogP contribution in [0.5, 0.6) is 5.75 Å². The Morgan fingerprint density at radius 2 is 1.80 bits per heavy atom. The quantitative estimate of drug-likeness (QED) is 0.806. The van der Waals surface area contributed by atoms with Crippen molar-refractivity contribution < 1.29 is 13.5 Å². The zero-order valence-electron chi connectivity index (χ0n) is 8.39. The van der Waals surface area contributed by atoms with Crippen LogP contribution in [0.25, 0.3) is 0 Å². The van der Waals surface area contributed by atoms with Crippen molar-refractivity contribution in [2.24, 2.45) is 0 Å². The predicted octanol–water partition coefficient (Wildman–Crippen LogP) is 2.59. The van der Waals surface area contributed by atoms with Crippen molar-refractivity contribution in [2.45, 2.75) is 36.7 Å². The van der Waals surface area contributed by atoms with Crippen molar-refractivity contribution in [3.8, 4) is 5.75 Å². The highest BCUT2D eigenvalue weighted by Crippen LogP contribution is 2.24. The summed E-state index contributed by atoms with van der Waals surface area (Å²) in [5.74, 6) is 0.788. The Labute approximate surface area is 91.7 Å². The summed E-state index contributed by atoms with van der Waals surface area (Å²) in [6, 6.07) is 6.75. The second-order valence-corrected chi connectivity index (χ2v) is 4.71. The van der Waals surface area contributed by atoms with E-state index in [0.717, 1.165) is 18.6 Å². The molecule has 1 N–H and O–H groups in total. The summed E-state index contributed by atoms with van der Waals surface area (Å²) in [5, 5.41) is 0. The largest absolute Gasteiger partial charge is 0.490 e. The van der Waals surface area contributed by atoms with Crippen molar-refractivity contribution in [3.63, 3.8) is 0 Å². The maximum absolute atomic E-state index is 10.7. The maximum atomic E-state index is 10.7. The lowest BCUT2D eigenvalue weighted by Gasteiger charge is -2.12. The average Bonchev–Trinajstić information content (AvgIpc) is 2.71. The van der Waals surface area contributed by atoms with Crippen LogP contribution in [0.3, 0.4) is 0 Å². The van der Waals surface area contributed by atoms with Gasteiger partial charge in [-0.25, -0.2) is 4.21 Å². The zero-order chi connectivity index (χ0) is 10.7. The van der Waals surface area contributed by atoms with Crippen molar-refractivity contribution in [1.29, 1.82) is 0 Å². The van der Waals surface area contributed by atoms with Gasteiger partial charge in [-0.2, -0.15) is 0 Å². The van der Waals surface area contributed by atoms with E-state index in [-0.39, 0.29) is 0 Å².